The van der Waals surface area contributed by atoms with Crippen molar-refractivity contribution in [3.63, 3.8) is 0 Å². The van der Waals surface area contributed by atoms with Gasteiger partial charge in [-0.1, -0.05) is 0 Å². The van der Waals surface area contributed by atoms with E-state index in [2.05, 4.69) is 0 Å². The van der Waals surface area contributed by atoms with Crippen molar-refractivity contribution < 1.29 is 29.2 Å². The Labute approximate surface area is 81.3 Å². The van der Waals surface area contributed by atoms with Gasteiger partial charge in [-0.25, -0.2) is 0 Å². The molecular formula is C8H14O6. The van der Waals surface area contributed by atoms with Crippen LogP contribution in [0.25, 0.3) is 0 Å². The Kier molecular flexibility index (Phi) is 3.01. The summed E-state index contributed by atoms with van der Waals surface area (Å²) in [6, 6.07) is 0. The van der Waals surface area contributed by atoms with Crippen LogP contribution < -0.4 is 0 Å². The second-order valence-corrected chi connectivity index (χ2v) is 3.35. The minimum absolute atomic E-state index is 0.160. The third-order valence-electron chi connectivity index (χ3n) is 2.48. The molecule has 5 unspecified atom stereocenters. The lowest BCUT2D eigenvalue weighted by Gasteiger charge is -2.45. The van der Waals surface area contributed by atoms with Crippen LogP contribution in [0.5, 0.6) is 0 Å². The summed E-state index contributed by atoms with van der Waals surface area (Å²) in [4.78, 5) is 0. The summed E-state index contributed by atoms with van der Waals surface area (Å²) in [5.74, 6) is 0. The van der Waals surface area contributed by atoms with Gasteiger partial charge in [-0.05, 0) is 0 Å². The summed E-state index contributed by atoms with van der Waals surface area (Å²) in [5, 5.41) is 18.6. The molecule has 0 radical (unpaired) electrons. The second kappa shape index (κ2) is 4.09. The van der Waals surface area contributed by atoms with Crippen LogP contribution in [-0.4, -0.2) is 61.4 Å². The Balaban J connectivity index is 2.11. The van der Waals surface area contributed by atoms with Gasteiger partial charge < -0.3 is 29.2 Å². The van der Waals surface area contributed by atoms with Gasteiger partial charge >= 0.3 is 0 Å². The van der Waals surface area contributed by atoms with E-state index in [0.29, 0.717) is 0 Å². The lowest BCUT2D eigenvalue weighted by molar-refractivity contribution is -0.418. The van der Waals surface area contributed by atoms with Crippen molar-refractivity contribution in [1.82, 2.24) is 0 Å². The van der Waals surface area contributed by atoms with Crippen LogP contribution in [0, 0.1) is 0 Å². The van der Waals surface area contributed by atoms with E-state index >= 15 is 0 Å². The largest absolute Gasteiger partial charge is 0.394 e. The van der Waals surface area contributed by atoms with E-state index in [1.807, 2.05) is 0 Å². The lowest BCUT2D eigenvalue weighted by Crippen LogP contribution is -2.61. The molecule has 2 N–H and O–H groups in total. The maximum absolute atomic E-state index is 9.57. The van der Waals surface area contributed by atoms with Gasteiger partial charge in [0, 0.05) is 7.11 Å². The minimum Gasteiger partial charge on any atom is -0.394 e. The molecule has 0 saturated carbocycles. The number of fused-ring (bicyclic) bond motifs is 2. The fraction of sp³-hybridized carbons (Fsp3) is 1.00. The third kappa shape index (κ3) is 1.65. The quantitative estimate of drug-likeness (QED) is 0.569. The average molecular weight is 206 g/mol. The Morgan fingerprint density at radius 1 is 1.43 bits per heavy atom. The zero-order valence-electron chi connectivity index (χ0n) is 7.83. The minimum atomic E-state index is -0.799. The van der Waals surface area contributed by atoms with Gasteiger partial charge in [-0.15, -0.1) is 0 Å². The number of aliphatic hydroxyl groups is 2. The molecule has 0 aromatic heterocycles. The van der Waals surface area contributed by atoms with Crippen LogP contribution >= 0.6 is 0 Å². The summed E-state index contributed by atoms with van der Waals surface area (Å²) >= 11 is 0. The standard InChI is InChI=1S/C8H14O6/c1-11-7-5(2-9)13-8-12-3-4(10)6(7)14-8/h4-10H,2-3H2,1H3. The highest BCUT2D eigenvalue weighted by Gasteiger charge is 2.46. The van der Waals surface area contributed by atoms with Crippen molar-refractivity contribution in [2.24, 2.45) is 0 Å². The molecule has 0 aromatic rings. The Hall–Kier alpha value is -0.240. The fourth-order valence-electron chi connectivity index (χ4n) is 1.76. The Morgan fingerprint density at radius 3 is 2.86 bits per heavy atom. The highest BCUT2D eigenvalue weighted by molar-refractivity contribution is 4.88. The number of methoxy groups -OCH3 is 1. The summed E-state index contributed by atoms with van der Waals surface area (Å²) in [6.45, 7) is -0.829. The molecule has 2 fully saturated rings. The van der Waals surface area contributed by atoms with Crippen molar-refractivity contribution in [2.75, 3.05) is 20.3 Å². The zero-order chi connectivity index (χ0) is 10.1. The topological polar surface area (TPSA) is 77.4 Å². The third-order valence-corrected chi connectivity index (χ3v) is 2.48. The first-order chi connectivity index (χ1) is 6.76. The molecule has 0 aliphatic carbocycles. The van der Waals surface area contributed by atoms with Gasteiger partial charge in [0.15, 0.2) is 0 Å². The van der Waals surface area contributed by atoms with E-state index in [0.717, 1.165) is 0 Å². The van der Waals surface area contributed by atoms with E-state index in [-0.39, 0.29) is 13.2 Å². The molecule has 6 heteroatoms. The molecule has 14 heavy (non-hydrogen) atoms. The van der Waals surface area contributed by atoms with Gasteiger partial charge in [0.05, 0.1) is 13.2 Å². The molecule has 2 heterocycles. The maximum Gasteiger partial charge on any atom is 0.272 e. The van der Waals surface area contributed by atoms with Crippen molar-refractivity contribution in [1.29, 1.82) is 0 Å². The summed E-state index contributed by atoms with van der Waals surface area (Å²) in [6.07, 6.45) is -2.22. The van der Waals surface area contributed by atoms with Crippen LogP contribution in [0.1, 0.15) is 0 Å². The lowest BCUT2D eigenvalue weighted by atomic mass is 10.0. The molecule has 0 spiro atoms. The van der Waals surface area contributed by atoms with E-state index in [1.165, 1.54) is 7.11 Å². The number of ether oxygens (including phenoxy) is 4. The van der Waals surface area contributed by atoms with E-state index in [1.54, 1.807) is 0 Å². The zero-order valence-corrected chi connectivity index (χ0v) is 7.83. The van der Waals surface area contributed by atoms with Gasteiger partial charge in [0.25, 0.3) is 6.48 Å². The summed E-state index contributed by atoms with van der Waals surface area (Å²) in [5.41, 5.74) is 0. The van der Waals surface area contributed by atoms with Crippen LogP contribution in [-0.2, 0) is 18.9 Å². The van der Waals surface area contributed by atoms with Crippen LogP contribution in [0.15, 0.2) is 0 Å². The molecule has 2 bridgehead atoms. The molecule has 82 valence electrons. The number of hydrogen-bond acceptors (Lipinski definition) is 6. The first-order valence-corrected chi connectivity index (χ1v) is 4.50. The molecule has 2 aliphatic heterocycles. The maximum atomic E-state index is 9.57. The molecule has 2 aliphatic rings. The SMILES string of the molecule is COC1C(CO)OC2OCC(O)C1O2. The van der Waals surface area contributed by atoms with Crippen molar-refractivity contribution in [3.05, 3.63) is 0 Å². The first kappa shape index (κ1) is 10.3. The van der Waals surface area contributed by atoms with Crippen LogP contribution in [0.3, 0.4) is 0 Å². The predicted molar refractivity (Wildman–Crippen MR) is 43.4 cm³/mol. The molecule has 0 aromatic carbocycles. The van der Waals surface area contributed by atoms with Gasteiger partial charge in [-0.2, -0.15) is 0 Å². The number of aliphatic hydroxyl groups excluding tert-OH is 2. The van der Waals surface area contributed by atoms with Crippen LogP contribution in [0.2, 0.25) is 0 Å². The van der Waals surface area contributed by atoms with Gasteiger partial charge in [0.2, 0.25) is 0 Å². The summed E-state index contributed by atoms with van der Waals surface area (Å²) in [7, 11) is 1.49. The molecule has 2 saturated heterocycles. The Morgan fingerprint density at radius 2 is 2.21 bits per heavy atom. The van der Waals surface area contributed by atoms with Crippen molar-refractivity contribution in [2.45, 2.75) is 30.9 Å². The fourth-order valence-corrected chi connectivity index (χ4v) is 1.76. The molecule has 0 amide bonds. The van der Waals surface area contributed by atoms with E-state index < -0.39 is 30.9 Å². The molecule has 2 rings (SSSR count). The number of hydrogen-bond donors (Lipinski definition) is 2. The summed E-state index contributed by atoms with van der Waals surface area (Å²) < 4.78 is 20.6. The van der Waals surface area contributed by atoms with E-state index in [4.69, 9.17) is 24.1 Å². The highest BCUT2D eigenvalue weighted by atomic mass is 16.9. The average Bonchev–Trinajstić information content (AvgIpc) is 2.23. The molecular weight excluding hydrogens is 192 g/mol. The first-order valence-electron chi connectivity index (χ1n) is 4.50. The van der Waals surface area contributed by atoms with Gasteiger partial charge in [-0.3, -0.25) is 0 Å². The monoisotopic (exact) mass is 206 g/mol. The van der Waals surface area contributed by atoms with E-state index in [9.17, 15) is 5.11 Å². The predicted octanol–water partition coefficient (Wildman–Crippen LogP) is -1.55. The normalized spacial score (nSPS) is 47.8. The smallest absolute Gasteiger partial charge is 0.272 e. The van der Waals surface area contributed by atoms with Crippen molar-refractivity contribution >= 4 is 0 Å². The Bertz CT molecular complexity index is 194. The molecule has 6 nitrogen and oxygen atoms in total. The molecule has 5 atom stereocenters. The van der Waals surface area contributed by atoms with Crippen molar-refractivity contribution in [3.8, 4) is 0 Å². The highest BCUT2D eigenvalue weighted by Crippen LogP contribution is 2.28. The second-order valence-electron chi connectivity index (χ2n) is 3.35. The van der Waals surface area contributed by atoms with Gasteiger partial charge in [0.1, 0.15) is 24.4 Å². The van der Waals surface area contributed by atoms with Crippen LogP contribution in [0.4, 0.5) is 0 Å². The number of rotatable bonds is 2.